The molecular weight excluding hydrogens is 819 g/mol. The average Bonchev–Trinajstić information content (AvgIpc) is 4.04. The minimum absolute atomic E-state index is 0.558. The first kappa shape index (κ1) is 37.3. The molecule has 4 heterocycles. The molecule has 0 radical (unpaired) electrons. The third-order valence-electron chi connectivity index (χ3n) is 13.3. The highest BCUT2D eigenvalue weighted by Gasteiger charge is 2.23. The van der Waals surface area contributed by atoms with Crippen LogP contribution in [0, 0.1) is 0 Å². The van der Waals surface area contributed by atoms with E-state index in [1.807, 2.05) is 18.2 Å². The standard InChI is InChI=1S/C61H37N5O/c1-3-16-38(17-4-1)39-20-15-21-42(32-39)59-62-60(43-30-31-47-45-24-9-12-27-52(45)65(54(47)35-43)44-22-5-2-6-23-44)64-61(63-59)51-36-50-48-26-11-14-29-57(48)67-58(50)37-56(51)66-53-28-13-10-25-46(53)49-33-40-18-7-8-19-41(40)34-55(49)66/h1-37H. The van der Waals surface area contributed by atoms with E-state index in [0.717, 1.165) is 99.4 Å². The Labute approximate surface area is 384 Å². The smallest absolute Gasteiger partial charge is 0.166 e. The maximum absolute atomic E-state index is 6.66. The number of hydrogen-bond donors (Lipinski definition) is 0. The number of para-hydroxylation sites is 4. The second-order valence-corrected chi connectivity index (χ2v) is 17.2. The van der Waals surface area contributed by atoms with Gasteiger partial charge in [0.25, 0.3) is 0 Å². The number of nitrogens with zero attached hydrogens (tertiary/aromatic N) is 5. The van der Waals surface area contributed by atoms with Gasteiger partial charge in [-0.05, 0) is 82.6 Å². The highest BCUT2D eigenvalue weighted by molar-refractivity contribution is 6.15. The summed E-state index contributed by atoms with van der Waals surface area (Å²) in [5.74, 6) is 1.72. The van der Waals surface area contributed by atoms with E-state index in [4.69, 9.17) is 19.4 Å². The van der Waals surface area contributed by atoms with E-state index >= 15 is 0 Å². The molecule has 14 aromatic rings. The molecule has 0 N–H and O–H groups in total. The second-order valence-electron chi connectivity index (χ2n) is 17.2. The fourth-order valence-corrected chi connectivity index (χ4v) is 10.2. The van der Waals surface area contributed by atoms with Crippen LogP contribution in [-0.4, -0.2) is 24.1 Å². The molecule has 0 saturated heterocycles. The van der Waals surface area contributed by atoms with Crippen molar-refractivity contribution < 1.29 is 4.42 Å². The molecule has 6 heteroatoms. The van der Waals surface area contributed by atoms with Gasteiger partial charge in [-0.1, -0.05) is 158 Å². The van der Waals surface area contributed by atoms with Gasteiger partial charge in [0.05, 0.1) is 27.8 Å². The van der Waals surface area contributed by atoms with Gasteiger partial charge in [0.2, 0.25) is 0 Å². The third-order valence-corrected chi connectivity index (χ3v) is 13.3. The molecular formula is C61H37N5O. The van der Waals surface area contributed by atoms with E-state index in [-0.39, 0.29) is 0 Å². The Kier molecular flexibility index (Phi) is 8.18. The van der Waals surface area contributed by atoms with E-state index in [0.29, 0.717) is 17.5 Å². The molecule has 6 nitrogen and oxygen atoms in total. The van der Waals surface area contributed by atoms with Crippen LogP contribution in [0.5, 0.6) is 0 Å². The lowest BCUT2D eigenvalue weighted by molar-refractivity contribution is 0.668. The Bertz CT molecular complexity index is 4280. The van der Waals surface area contributed by atoms with Gasteiger partial charge in [-0.15, -0.1) is 0 Å². The molecule has 0 spiro atoms. The van der Waals surface area contributed by atoms with Gasteiger partial charge in [-0.25, -0.2) is 15.0 Å². The average molecular weight is 856 g/mol. The van der Waals surface area contributed by atoms with Crippen molar-refractivity contribution in [2.45, 2.75) is 0 Å². The van der Waals surface area contributed by atoms with Crippen molar-refractivity contribution in [1.29, 1.82) is 0 Å². The van der Waals surface area contributed by atoms with Crippen LogP contribution in [0.25, 0.3) is 133 Å². The summed E-state index contributed by atoms with van der Waals surface area (Å²) in [6.07, 6.45) is 0. The SMILES string of the molecule is c1ccc(-c2cccc(-c3nc(-c4ccc5c6ccccc6n(-c6ccccc6)c5c4)nc(-c4cc5c(cc4-n4c6ccccc6c6cc7ccccc7cc64)oc4ccccc45)n3)c2)cc1. The van der Waals surface area contributed by atoms with Crippen LogP contribution in [0.2, 0.25) is 0 Å². The molecule has 0 atom stereocenters. The Morgan fingerprint density at radius 2 is 0.866 bits per heavy atom. The van der Waals surface area contributed by atoms with E-state index in [2.05, 4.69) is 215 Å². The van der Waals surface area contributed by atoms with Gasteiger partial charge in [0.1, 0.15) is 11.2 Å². The molecule has 67 heavy (non-hydrogen) atoms. The molecule has 0 fully saturated rings. The Hall–Kier alpha value is -9.13. The summed E-state index contributed by atoms with van der Waals surface area (Å²) in [6, 6.07) is 79.2. The first-order valence-electron chi connectivity index (χ1n) is 22.6. The van der Waals surface area contributed by atoms with Crippen molar-refractivity contribution in [1.82, 2.24) is 24.1 Å². The zero-order chi connectivity index (χ0) is 44.0. The molecule has 10 aromatic carbocycles. The Morgan fingerprint density at radius 3 is 1.66 bits per heavy atom. The molecule has 0 aliphatic heterocycles. The molecule has 0 aliphatic carbocycles. The Morgan fingerprint density at radius 1 is 0.299 bits per heavy atom. The predicted octanol–water partition coefficient (Wildman–Crippen LogP) is 15.8. The zero-order valence-electron chi connectivity index (χ0n) is 36.0. The van der Waals surface area contributed by atoms with Crippen molar-refractivity contribution >= 4 is 76.3 Å². The van der Waals surface area contributed by atoms with Crippen molar-refractivity contribution in [2.24, 2.45) is 0 Å². The zero-order valence-corrected chi connectivity index (χ0v) is 36.0. The number of furan rings is 1. The van der Waals surface area contributed by atoms with Gasteiger partial charge < -0.3 is 13.6 Å². The van der Waals surface area contributed by atoms with Crippen LogP contribution in [0.4, 0.5) is 0 Å². The minimum Gasteiger partial charge on any atom is -0.456 e. The summed E-state index contributed by atoms with van der Waals surface area (Å²) in [4.78, 5) is 16.4. The number of benzene rings is 10. The monoisotopic (exact) mass is 855 g/mol. The second kappa shape index (κ2) is 14.7. The summed E-state index contributed by atoms with van der Waals surface area (Å²) in [5.41, 5.74) is 12.8. The van der Waals surface area contributed by atoms with Crippen LogP contribution < -0.4 is 0 Å². The first-order chi connectivity index (χ1) is 33.2. The first-order valence-corrected chi connectivity index (χ1v) is 22.6. The summed E-state index contributed by atoms with van der Waals surface area (Å²) < 4.78 is 11.4. The van der Waals surface area contributed by atoms with Crippen LogP contribution >= 0.6 is 0 Å². The lowest BCUT2D eigenvalue weighted by Crippen LogP contribution is -2.04. The Balaban J connectivity index is 1.08. The number of hydrogen-bond acceptors (Lipinski definition) is 4. The third kappa shape index (κ3) is 5.93. The summed E-state index contributed by atoms with van der Waals surface area (Å²) >= 11 is 0. The van der Waals surface area contributed by atoms with Gasteiger partial charge in [0, 0.05) is 60.8 Å². The maximum Gasteiger partial charge on any atom is 0.166 e. The predicted molar refractivity (Wildman–Crippen MR) is 275 cm³/mol. The van der Waals surface area contributed by atoms with Gasteiger partial charge in [-0.3, -0.25) is 0 Å². The molecule has 0 amide bonds. The molecule has 0 unspecified atom stereocenters. The van der Waals surface area contributed by atoms with E-state index in [1.54, 1.807) is 0 Å². The largest absolute Gasteiger partial charge is 0.456 e. The summed E-state index contributed by atoms with van der Waals surface area (Å²) in [7, 11) is 0. The van der Waals surface area contributed by atoms with Crippen LogP contribution in [0.1, 0.15) is 0 Å². The quantitative estimate of drug-likeness (QED) is 0.167. The van der Waals surface area contributed by atoms with E-state index in [1.165, 1.54) is 16.2 Å². The number of rotatable bonds is 6. The fraction of sp³-hybridized carbons (Fsp3) is 0. The number of fused-ring (bicyclic) bond motifs is 10. The van der Waals surface area contributed by atoms with Gasteiger partial charge in [-0.2, -0.15) is 0 Å². The molecule has 14 rings (SSSR count). The summed E-state index contributed by atoms with van der Waals surface area (Å²) in [5, 5.41) is 9.05. The lowest BCUT2D eigenvalue weighted by Gasteiger charge is -2.15. The fourth-order valence-electron chi connectivity index (χ4n) is 10.2. The molecule has 0 aliphatic rings. The van der Waals surface area contributed by atoms with Crippen LogP contribution in [-0.2, 0) is 0 Å². The lowest BCUT2D eigenvalue weighted by atomic mass is 10.0. The van der Waals surface area contributed by atoms with Crippen molar-refractivity contribution in [3.8, 4) is 56.7 Å². The summed E-state index contributed by atoms with van der Waals surface area (Å²) in [6.45, 7) is 0. The minimum atomic E-state index is 0.558. The molecule has 0 bridgehead atoms. The van der Waals surface area contributed by atoms with Crippen molar-refractivity contribution in [2.75, 3.05) is 0 Å². The van der Waals surface area contributed by atoms with E-state index < -0.39 is 0 Å². The molecule has 4 aromatic heterocycles. The molecule has 0 saturated carbocycles. The maximum atomic E-state index is 6.66. The van der Waals surface area contributed by atoms with Crippen LogP contribution in [0.15, 0.2) is 229 Å². The van der Waals surface area contributed by atoms with E-state index in [9.17, 15) is 0 Å². The van der Waals surface area contributed by atoms with Gasteiger partial charge >= 0.3 is 0 Å². The highest BCUT2D eigenvalue weighted by atomic mass is 16.3. The number of aromatic nitrogens is 5. The van der Waals surface area contributed by atoms with Crippen molar-refractivity contribution in [3.63, 3.8) is 0 Å². The van der Waals surface area contributed by atoms with Crippen LogP contribution in [0.3, 0.4) is 0 Å². The van der Waals surface area contributed by atoms with Gasteiger partial charge in [0.15, 0.2) is 17.5 Å². The van der Waals surface area contributed by atoms with Crippen molar-refractivity contribution in [3.05, 3.63) is 224 Å². The topological polar surface area (TPSA) is 61.7 Å². The highest BCUT2D eigenvalue weighted by Crippen LogP contribution is 2.42. The normalized spacial score (nSPS) is 11.9. The molecule has 312 valence electrons.